The molecule has 0 aliphatic carbocycles. The summed E-state index contributed by atoms with van der Waals surface area (Å²) in [6, 6.07) is 6.92. The fourth-order valence-corrected chi connectivity index (χ4v) is 2.93. The maximum absolute atomic E-state index is 11.8. The SMILES string of the molecule is CC(CC(=O)O)S(=O)(=O)Cc1ccc(Br)cc1. The van der Waals surface area contributed by atoms with Gasteiger partial charge in [-0.15, -0.1) is 0 Å². The molecule has 4 nitrogen and oxygen atoms in total. The molecule has 17 heavy (non-hydrogen) atoms. The van der Waals surface area contributed by atoms with E-state index in [4.69, 9.17) is 5.11 Å². The third-order valence-corrected chi connectivity index (χ3v) is 5.01. The molecule has 0 bridgehead atoms. The Morgan fingerprint density at radius 1 is 1.35 bits per heavy atom. The lowest BCUT2D eigenvalue weighted by molar-refractivity contribution is -0.136. The molecule has 6 heteroatoms. The van der Waals surface area contributed by atoms with E-state index in [1.54, 1.807) is 24.3 Å². The van der Waals surface area contributed by atoms with E-state index in [-0.39, 0.29) is 12.2 Å². The van der Waals surface area contributed by atoms with Gasteiger partial charge in [0.15, 0.2) is 9.84 Å². The zero-order chi connectivity index (χ0) is 13.1. The summed E-state index contributed by atoms with van der Waals surface area (Å²) in [5.41, 5.74) is 0.658. The predicted octanol–water partition coefficient (Wildman–Crippen LogP) is 2.23. The molecule has 0 amide bonds. The Labute approximate surface area is 109 Å². The van der Waals surface area contributed by atoms with Gasteiger partial charge < -0.3 is 5.11 Å². The molecule has 0 heterocycles. The van der Waals surface area contributed by atoms with Gasteiger partial charge in [0.1, 0.15) is 0 Å². The van der Waals surface area contributed by atoms with Crippen molar-refractivity contribution in [1.82, 2.24) is 0 Å². The first-order valence-electron chi connectivity index (χ1n) is 4.99. The van der Waals surface area contributed by atoms with Crippen molar-refractivity contribution in [1.29, 1.82) is 0 Å². The van der Waals surface area contributed by atoms with Gasteiger partial charge in [-0.2, -0.15) is 0 Å². The second-order valence-corrected chi connectivity index (χ2v) is 7.18. The molecule has 1 aromatic rings. The number of hydrogen-bond donors (Lipinski definition) is 1. The normalized spacial score (nSPS) is 13.3. The van der Waals surface area contributed by atoms with Crippen molar-refractivity contribution in [3.8, 4) is 0 Å². The van der Waals surface area contributed by atoms with Crippen LogP contribution in [0.4, 0.5) is 0 Å². The van der Waals surface area contributed by atoms with E-state index < -0.39 is 21.1 Å². The molecular formula is C11H13BrO4S. The molecule has 0 aromatic heterocycles. The minimum atomic E-state index is -3.42. The quantitative estimate of drug-likeness (QED) is 0.903. The molecule has 94 valence electrons. The number of benzene rings is 1. The van der Waals surface area contributed by atoms with Crippen LogP contribution in [0.15, 0.2) is 28.7 Å². The van der Waals surface area contributed by atoms with Crippen LogP contribution in [0.5, 0.6) is 0 Å². The van der Waals surface area contributed by atoms with Crippen molar-refractivity contribution in [2.24, 2.45) is 0 Å². The zero-order valence-corrected chi connectivity index (χ0v) is 11.7. The number of rotatable bonds is 5. The highest BCUT2D eigenvalue weighted by atomic mass is 79.9. The van der Waals surface area contributed by atoms with Crippen LogP contribution < -0.4 is 0 Å². The van der Waals surface area contributed by atoms with Crippen molar-refractivity contribution >= 4 is 31.7 Å². The van der Waals surface area contributed by atoms with Crippen molar-refractivity contribution in [2.75, 3.05) is 0 Å². The van der Waals surface area contributed by atoms with Crippen LogP contribution in [-0.2, 0) is 20.4 Å². The molecule has 0 radical (unpaired) electrons. The summed E-state index contributed by atoms with van der Waals surface area (Å²) in [6.07, 6.45) is -0.362. The van der Waals surface area contributed by atoms with Crippen molar-refractivity contribution < 1.29 is 18.3 Å². The number of sulfone groups is 1. The number of carboxylic acid groups (broad SMARTS) is 1. The number of halogens is 1. The Kier molecular flexibility index (Phi) is 4.70. The van der Waals surface area contributed by atoms with Crippen LogP contribution in [-0.4, -0.2) is 24.7 Å². The second kappa shape index (κ2) is 5.64. The van der Waals surface area contributed by atoms with E-state index in [0.717, 1.165) is 4.47 Å². The number of carboxylic acids is 1. The van der Waals surface area contributed by atoms with Gasteiger partial charge in [0, 0.05) is 4.47 Å². The Hall–Kier alpha value is -0.880. The summed E-state index contributed by atoms with van der Waals surface area (Å²) in [5, 5.41) is 7.71. The van der Waals surface area contributed by atoms with E-state index in [9.17, 15) is 13.2 Å². The minimum absolute atomic E-state index is 0.130. The van der Waals surface area contributed by atoms with Crippen LogP contribution in [0, 0.1) is 0 Å². The summed E-state index contributed by atoms with van der Waals surface area (Å²) < 4.78 is 24.6. The van der Waals surface area contributed by atoms with Gasteiger partial charge in [-0.1, -0.05) is 28.1 Å². The topological polar surface area (TPSA) is 71.4 Å². The van der Waals surface area contributed by atoms with E-state index in [1.807, 2.05) is 0 Å². The van der Waals surface area contributed by atoms with E-state index in [0.29, 0.717) is 5.56 Å². The smallest absolute Gasteiger partial charge is 0.304 e. The number of hydrogen-bond acceptors (Lipinski definition) is 3. The Morgan fingerprint density at radius 3 is 2.35 bits per heavy atom. The summed E-state index contributed by atoms with van der Waals surface area (Å²) in [7, 11) is -3.42. The van der Waals surface area contributed by atoms with Crippen LogP contribution in [0.2, 0.25) is 0 Å². The fraction of sp³-hybridized carbons (Fsp3) is 0.364. The maximum Gasteiger partial charge on any atom is 0.304 e. The fourth-order valence-electron chi connectivity index (χ4n) is 1.33. The Balaban J connectivity index is 2.79. The highest BCUT2D eigenvalue weighted by Crippen LogP contribution is 2.16. The number of aliphatic carboxylic acids is 1. The van der Waals surface area contributed by atoms with Gasteiger partial charge in [0.2, 0.25) is 0 Å². The third-order valence-electron chi connectivity index (χ3n) is 2.36. The van der Waals surface area contributed by atoms with Gasteiger partial charge in [0.25, 0.3) is 0 Å². The van der Waals surface area contributed by atoms with Crippen LogP contribution in [0.3, 0.4) is 0 Å². The van der Waals surface area contributed by atoms with Crippen LogP contribution in [0.25, 0.3) is 0 Å². The molecule has 1 rings (SSSR count). The van der Waals surface area contributed by atoms with E-state index in [1.165, 1.54) is 6.92 Å². The van der Waals surface area contributed by atoms with E-state index >= 15 is 0 Å². The van der Waals surface area contributed by atoms with Crippen LogP contribution in [0.1, 0.15) is 18.9 Å². The maximum atomic E-state index is 11.8. The summed E-state index contributed by atoms with van der Waals surface area (Å²) in [5.74, 6) is -1.23. The van der Waals surface area contributed by atoms with Gasteiger partial charge in [-0.05, 0) is 24.6 Å². The lowest BCUT2D eigenvalue weighted by atomic mass is 10.2. The van der Waals surface area contributed by atoms with Crippen molar-refractivity contribution in [2.45, 2.75) is 24.3 Å². The Bertz CT molecular complexity index is 493. The molecule has 0 aliphatic rings. The summed E-state index contributed by atoms with van der Waals surface area (Å²) in [4.78, 5) is 10.5. The number of carbonyl (C=O) groups is 1. The van der Waals surface area contributed by atoms with Gasteiger partial charge in [0.05, 0.1) is 17.4 Å². The first-order chi connectivity index (χ1) is 7.81. The first-order valence-corrected chi connectivity index (χ1v) is 7.50. The molecule has 0 saturated carbocycles. The average Bonchev–Trinajstić information content (AvgIpc) is 2.20. The highest BCUT2D eigenvalue weighted by Gasteiger charge is 2.23. The lowest BCUT2D eigenvalue weighted by Crippen LogP contribution is -2.22. The van der Waals surface area contributed by atoms with Crippen molar-refractivity contribution in [3.05, 3.63) is 34.3 Å². The van der Waals surface area contributed by atoms with E-state index in [2.05, 4.69) is 15.9 Å². The first kappa shape index (κ1) is 14.2. The van der Waals surface area contributed by atoms with Gasteiger partial charge in [-0.25, -0.2) is 8.42 Å². The van der Waals surface area contributed by atoms with Crippen LogP contribution >= 0.6 is 15.9 Å². The highest BCUT2D eigenvalue weighted by molar-refractivity contribution is 9.10. The minimum Gasteiger partial charge on any atom is -0.481 e. The summed E-state index contributed by atoms with van der Waals surface area (Å²) >= 11 is 3.26. The average molecular weight is 321 g/mol. The van der Waals surface area contributed by atoms with Gasteiger partial charge >= 0.3 is 5.97 Å². The van der Waals surface area contributed by atoms with Gasteiger partial charge in [-0.3, -0.25) is 4.79 Å². The monoisotopic (exact) mass is 320 g/mol. The molecule has 0 spiro atoms. The molecule has 1 unspecified atom stereocenters. The predicted molar refractivity (Wildman–Crippen MR) is 68.5 cm³/mol. The standard InChI is InChI=1S/C11H13BrO4S/c1-8(6-11(13)14)17(15,16)7-9-2-4-10(12)5-3-9/h2-5,8H,6-7H2,1H3,(H,13,14). The lowest BCUT2D eigenvalue weighted by Gasteiger charge is -2.10. The molecule has 1 aromatic carbocycles. The molecule has 0 fully saturated rings. The summed E-state index contributed by atoms with van der Waals surface area (Å²) in [6.45, 7) is 1.42. The molecule has 1 atom stereocenters. The molecule has 1 N–H and O–H groups in total. The molecular weight excluding hydrogens is 308 g/mol. The second-order valence-electron chi connectivity index (χ2n) is 3.84. The van der Waals surface area contributed by atoms with Crippen molar-refractivity contribution in [3.63, 3.8) is 0 Å². The third kappa shape index (κ3) is 4.47. The molecule has 0 aliphatic heterocycles. The zero-order valence-electron chi connectivity index (χ0n) is 9.26. The molecule has 0 saturated heterocycles. The largest absolute Gasteiger partial charge is 0.481 e. The Morgan fingerprint density at radius 2 is 1.88 bits per heavy atom.